The van der Waals surface area contributed by atoms with Crippen molar-refractivity contribution in [3.8, 4) is 0 Å². The van der Waals surface area contributed by atoms with Gasteiger partial charge in [0, 0.05) is 47.2 Å². The normalized spacial score (nSPS) is 13.4. The van der Waals surface area contributed by atoms with Crippen LogP contribution in [0, 0.1) is 5.82 Å². The topological polar surface area (TPSA) is 51.5 Å². The average Bonchev–Trinajstić information content (AvgIpc) is 3.10. The zero-order chi connectivity index (χ0) is 21.5. The van der Waals surface area contributed by atoms with Gasteiger partial charge in [0.05, 0.1) is 7.11 Å². The summed E-state index contributed by atoms with van der Waals surface area (Å²) in [5.41, 5.74) is 3.27. The van der Waals surface area contributed by atoms with Gasteiger partial charge in [0.2, 0.25) is 0 Å². The number of nitrogens with zero attached hydrogens (tertiary/aromatic N) is 2. The first-order valence-corrected chi connectivity index (χ1v) is 10.2. The van der Waals surface area contributed by atoms with Crippen molar-refractivity contribution in [3.05, 3.63) is 83.3 Å². The molecular weight excluding hydrogens is 395 g/mol. The van der Waals surface area contributed by atoms with E-state index in [-0.39, 0.29) is 24.2 Å². The van der Waals surface area contributed by atoms with Gasteiger partial charge in [-0.3, -0.25) is 9.59 Å². The third kappa shape index (κ3) is 3.24. The summed E-state index contributed by atoms with van der Waals surface area (Å²) < 4.78 is 20.8. The number of carbonyl (C=O) groups excluding carboxylic acids is 2. The number of benzene rings is 3. The number of amides is 1. The monoisotopic (exact) mass is 416 g/mol. The van der Waals surface area contributed by atoms with E-state index in [4.69, 9.17) is 4.74 Å². The molecule has 1 aromatic heterocycles. The van der Waals surface area contributed by atoms with E-state index in [2.05, 4.69) is 0 Å². The molecule has 0 spiro atoms. The highest BCUT2D eigenvalue weighted by atomic mass is 19.1. The van der Waals surface area contributed by atoms with Crippen LogP contribution >= 0.6 is 0 Å². The summed E-state index contributed by atoms with van der Waals surface area (Å²) in [6.07, 6.45) is 0.582. The molecule has 1 amide bonds. The van der Waals surface area contributed by atoms with Crippen LogP contribution in [-0.2, 0) is 29.0 Å². The van der Waals surface area contributed by atoms with Crippen molar-refractivity contribution in [2.24, 2.45) is 0 Å². The van der Waals surface area contributed by atoms with Gasteiger partial charge in [-0.1, -0.05) is 36.4 Å². The highest BCUT2D eigenvalue weighted by molar-refractivity contribution is 6.07. The van der Waals surface area contributed by atoms with Gasteiger partial charge in [0.25, 0.3) is 5.91 Å². The molecule has 4 aromatic rings. The average molecular weight is 416 g/mol. The lowest BCUT2D eigenvalue weighted by molar-refractivity contribution is -0.141. The molecule has 1 aliphatic rings. The van der Waals surface area contributed by atoms with Gasteiger partial charge in [0.1, 0.15) is 12.4 Å². The van der Waals surface area contributed by atoms with E-state index in [1.807, 2.05) is 47.0 Å². The minimum Gasteiger partial charge on any atom is -0.468 e. The summed E-state index contributed by atoms with van der Waals surface area (Å²) in [7, 11) is 1.35. The van der Waals surface area contributed by atoms with Crippen LogP contribution in [0.15, 0.2) is 60.7 Å². The minimum absolute atomic E-state index is 0.0484. The summed E-state index contributed by atoms with van der Waals surface area (Å²) in [6, 6.07) is 18.1. The summed E-state index contributed by atoms with van der Waals surface area (Å²) >= 11 is 0. The zero-order valence-electron chi connectivity index (χ0n) is 17.1. The Morgan fingerprint density at radius 3 is 2.68 bits per heavy atom. The number of aromatic nitrogens is 1. The van der Waals surface area contributed by atoms with Crippen LogP contribution in [0.3, 0.4) is 0 Å². The maximum absolute atomic E-state index is 14.1. The Labute approximate surface area is 178 Å². The van der Waals surface area contributed by atoms with E-state index in [1.165, 1.54) is 19.2 Å². The van der Waals surface area contributed by atoms with Crippen molar-refractivity contribution in [3.63, 3.8) is 0 Å². The molecule has 1 aliphatic heterocycles. The molecular formula is C25H21FN2O3. The first-order valence-electron chi connectivity index (χ1n) is 10.2. The Kier molecular flexibility index (Phi) is 4.70. The van der Waals surface area contributed by atoms with Crippen LogP contribution in [0.1, 0.15) is 21.6 Å². The SMILES string of the molecule is COC(=O)Cn1c2c(c3cc(F)ccc31)CN(C(=O)c1cccc3ccccc13)CC2. The van der Waals surface area contributed by atoms with E-state index in [0.717, 1.165) is 32.9 Å². The fourth-order valence-corrected chi connectivity index (χ4v) is 4.55. The lowest BCUT2D eigenvalue weighted by Crippen LogP contribution is -2.36. The number of rotatable bonds is 3. The van der Waals surface area contributed by atoms with Gasteiger partial charge in [0.15, 0.2) is 0 Å². The van der Waals surface area contributed by atoms with E-state index >= 15 is 0 Å². The van der Waals surface area contributed by atoms with E-state index in [0.29, 0.717) is 25.1 Å². The Morgan fingerprint density at radius 1 is 1.03 bits per heavy atom. The van der Waals surface area contributed by atoms with Gasteiger partial charge >= 0.3 is 5.97 Å². The molecule has 0 radical (unpaired) electrons. The largest absolute Gasteiger partial charge is 0.468 e. The lowest BCUT2D eigenvalue weighted by atomic mass is 10.0. The van der Waals surface area contributed by atoms with E-state index in [1.54, 1.807) is 11.0 Å². The first kappa shape index (κ1) is 19.3. The third-order valence-electron chi connectivity index (χ3n) is 6.04. The van der Waals surface area contributed by atoms with Crippen LogP contribution in [0.25, 0.3) is 21.7 Å². The van der Waals surface area contributed by atoms with Crippen molar-refractivity contribution < 1.29 is 18.7 Å². The summed E-state index contributed by atoms with van der Waals surface area (Å²) in [5, 5.41) is 2.66. The second kappa shape index (κ2) is 7.54. The quantitative estimate of drug-likeness (QED) is 0.468. The Hall–Kier alpha value is -3.67. The smallest absolute Gasteiger partial charge is 0.325 e. The molecule has 0 atom stereocenters. The fraction of sp³-hybridized carbons (Fsp3) is 0.200. The molecule has 5 rings (SSSR count). The van der Waals surface area contributed by atoms with Crippen LogP contribution in [0.4, 0.5) is 4.39 Å². The lowest BCUT2D eigenvalue weighted by Gasteiger charge is -2.28. The van der Waals surface area contributed by atoms with Gasteiger partial charge in [-0.2, -0.15) is 0 Å². The molecule has 156 valence electrons. The second-order valence-corrected chi connectivity index (χ2v) is 7.75. The summed E-state index contributed by atoms with van der Waals surface area (Å²) in [6.45, 7) is 0.950. The standard InChI is InChI=1S/C25H21FN2O3/c1-31-24(29)15-28-22-10-9-17(26)13-20(22)21-14-27(12-11-23(21)28)25(30)19-8-4-6-16-5-2-3-7-18(16)19/h2-10,13H,11-12,14-15H2,1H3. The highest BCUT2D eigenvalue weighted by Crippen LogP contribution is 2.33. The molecule has 0 aliphatic carbocycles. The van der Waals surface area contributed by atoms with Gasteiger partial charge in [-0.05, 0) is 35.0 Å². The molecule has 2 heterocycles. The van der Waals surface area contributed by atoms with E-state index < -0.39 is 0 Å². The summed E-state index contributed by atoms with van der Waals surface area (Å²) in [5.74, 6) is -0.756. The van der Waals surface area contributed by atoms with Crippen LogP contribution in [0.5, 0.6) is 0 Å². The van der Waals surface area contributed by atoms with Gasteiger partial charge in [-0.25, -0.2) is 4.39 Å². The van der Waals surface area contributed by atoms with Crippen molar-refractivity contribution in [1.29, 1.82) is 0 Å². The van der Waals surface area contributed by atoms with Crippen LogP contribution < -0.4 is 0 Å². The second-order valence-electron chi connectivity index (χ2n) is 7.75. The number of esters is 1. The molecule has 5 nitrogen and oxygen atoms in total. The molecule has 31 heavy (non-hydrogen) atoms. The minimum atomic E-state index is -0.363. The molecule has 3 aromatic carbocycles. The van der Waals surface area contributed by atoms with Crippen molar-refractivity contribution in [1.82, 2.24) is 9.47 Å². The molecule has 0 fully saturated rings. The number of hydrogen-bond donors (Lipinski definition) is 0. The number of halogens is 1. The Balaban J connectivity index is 1.56. The molecule has 0 unspecified atom stereocenters. The predicted molar refractivity (Wildman–Crippen MR) is 116 cm³/mol. The summed E-state index contributed by atoms with van der Waals surface area (Å²) in [4.78, 5) is 27.2. The number of fused-ring (bicyclic) bond motifs is 4. The molecule has 6 heteroatoms. The molecule has 0 bridgehead atoms. The zero-order valence-corrected chi connectivity index (χ0v) is 17.1. The number of ether oxygens (including phenoxy) is 1. The maximum atomic E-state index is 14.1. The molecule has 0 saturated heterocycles. The maximum Gasteiger partial charge on any atom is 0.325 e. The molecule has 0 saturated carbocycles. The predicted octanol–water partition coefficient (Wildman–Crippen LogP) is 4.31. The third-order valence-corrected chi connectivity index (χ3v) is 6.04. The fourth-order valence-electron chi connectivity index (χ4n) is 4.55. The molecule has 0 N–H and O–H groups in total. The number of hydrogen-bond acceptors (Lipinski definition) is 3. The van der Waals surface area contributed by atoms with Crippen LogP contribution in [-0.4, -0.2) is 35.0 Å². The van der Waals surface area contributed by atoms with Gasteiger partial charge in [-0.15, -0.1) is 0 Å². The number of carbonyl (C=O) groups is 2. The van der Waals surface area contributed by atoms with Crippen LogP contribution in [0.2, 0.25) is 0 Å². The number of methoxy groups -OCH3 is 1. The van der Waals surface area contributed by atoms with Gasteiger partial charge < -0.3 is 14.2 Å². The Bertz CT molecular complexity index is 1340. The van der Waals surface area contributed by atoms with E-state index in [9.17, 15) is 14.0 Å². The van der Waals surface area contributed by atoms with Crippen molar-refractivity contribution >= 4 is 33.6 Å². The Morgan fingerprint density at radius 2 is 1.84 bits per heavy atom. The van der Waals surface area contributed by atoms with Crippen molar-refractivity contribution in [2.75, 3.05) is 13.7 Å². The first-order chi connectivity index (χ1) is 15.1. The van der Waals surface area contributed by atoms with Crippen molar-refractivity contribution in [2.45, 2.75) is 19.5 Å². The highest BCUT2D eigenvalue weighted by Gasteiger charge is 2.28.